The number of anilines is 2. The van der Waals surface area contributed by atoms with E-state index in [1.807, 2.05) is 12.1 Å². The average Bonchev–Trinajstić information content (AvgIpc) is 2.97. The standard InChI is InChI=1S/C30H38N6O5S/c1-29(2,3)41-27(38)30(4,33-21-42(39,40)25-9-6-5-7-10-25)35-26(37)22-11-13-24(14-12-22)36-19-15-23(16-20-36)34-28-31-17-8-18-32-28/h5-14,17-18,23,33H,15-16,19-21H2,1-4H3,(H,35,37)(H,31,32,34). The molecule has 12 heteroatoms. The maximum Gasteiger partial charge on any atom is 0.347 e. The molecule has 1 aliphatic rings. The van der Waals surface area contributed by atoms with Crippen molar-refractivity contribution < 1.29 is 22.7 Å². The van der Waals surface area contributed by atoms with Gasteiger partial charge in [0.05, 0.1) is 4.90 Å². The maximum absolute atomic E-state index is 13.3. The third-order valence-electron chi connectivity index (χ3n) is 6.78. The Kier molecular flexibility index (Phi) is 9.47. The van der Waals surface area contributed by atoms with E-state index in [-0.39, 0.29) is 10.9 Å². The summed E-state index contributed by atoms with van der Waals surface area (Å²) in [5, 5.41) is 8.75. The molecule has 1 saturated heterocycles. The zero-order valence-corrected chi connectivity index (χ0v) is 25.1. The quantitative estimate of drug-likeness (QED) is 0.236. The molecular weight excluding hydrogens is 556 g/mol. The molecular formula is C30H38N6O5S. The summed E-state index contributed by atoms with van der Waals surface area (Å²) >= 11 is 0. The van der Waals surface area contributed by atoms with Crippen molar-refractivity contribution in [3.63, 3.8) is 0 Å². The number of hydrogen-bond donors (Lipinski definition) is 3. The van der Waals surface area contributed by atoms with Crippen molar-refractivity contribution in [3.8, 4) is 0 Å². The van der Waals surface area contributed by atoms with E-state index in [0.29, 0.717) is 11.5 Å². The van der Waals surface area contributed by atoms with Crippen LogP contribution >= 0.6 is 0 Å². The van der Waals surface area contributed by atoms with Crippen LogP contribution in [0.1, 0.15) is 50.9 Å². The van der Waals surface area contributed by atoms with Crippen LogP contribution in [-0.4, -0.2) is 66.5 Å². The highest BCUT2D eigenvalue weighted by Gasteiger charge is 2.40. The number of rotatable bonds is 10. The molecule has 1 unspecified atom stereocenters. The Morgan fingerprint density at radius 3 is 2.14 bits per heavy atom. The topological polar surface area (TPSA) is 143 Å². The second-order valence-electron chi connectivity index (χ2n) is 11.4. The Balaban J connectivity index is 1.41. The summed E-state index contributed by atoms with van der Waals surface area (Å²) in [6.45, 7) is 8.13. The van der Waals surface area contributed by atoms with Crippen molar-refractivity contribution >= 4 is 33.3 Å². The molecule has 1 atom stereocenters. The van der Waals surface area contributed by atoms with Crippen molar-refractivity contribution in [2.45, 2.75) is 62.7 Å². The second kappa shape index (κ2) is 12.9. The van der Waals surface area contributed by atoms with Gasteiger partial charge in [-0.3, -0.25) is 10.1 Å². The first-order chi connectivity index (χ1) is 19.8. The number of piperidine rings is 1. The first-order valence-electron chi connectivity index (χ1n) is 13.8. The van der Waals surface area contributed by atoms with Crippen LogP contribution in [0.2, 0.25) is 0 Å². The molecule has 0 bridgehead atoms. The zero-order valence-electron chi connectivity index (χ0n) is 24.3. The van der Waals surface area contributed by atoms with Crippen LogP contribution < -0.4 is 20.9 Å². The summed E-state index contributed by atoms with van der Waals surface area (Å²) in [5.41, 5.74) is -1.38. The molecule has 3 aromatic rings. The van der Waals surface area contributed by atoms with E-state index in [9.17, 15) is 18.0 Å². The van der Waals surface area contributed by atoms with E-state index < -0.39 is 38.9 Å². The fourth-order valence-corrected chi connectivity index (χ4v) is 5.68. The summed E-state index contributed by atoms with van der Waals surface area (Å²) in [4.78, 5) is 37.3. The van der Waals surface area contributed by atoms with E-state index >= 15 is 0 Å². The minimum absolute atomic E-state index is 0.0965. The second-order valence-corrected chi connectivity index (χ2v) is 13.3. The fraction of sp³-hybridized carbons (Fsp3) is 0.400. The minimum Gasteiger partial charge on any atom is -0.457 e. The van der Waals surface area contributed by atoms with Gasteiger partial charge in [-0.05, 0) is 83.0 Å². The van der Waals surface area contributed by atoms with Gasteiger partial charge in [-0.2, -0.15) is 0 Å². The van der Waals surface area contributed by atoms with Crippen LogP contribution in [-0.2, 0) is 19.4 Å². The highest BCUT2D eigenvalue weighted by atomic mass is 32.2. The first-order valence-corrected chi connectivity index (χ1v) is 15.5. The number of amides is 1. The lowest BCUT2D eigenvalue weighted by molar-refractivity contribution is -0.163. The number of nitrogens with zero attached hydrogens (tertiary/aromatic N) is 3. The van der Waals surface area contributed by atoms with Gasteiger partial charge >= 0.3 is 5.97 Å². The number of hydrogen-bond acceptors (Lipinski definition) is 10. The Bertz CT molecular complexity index is 1460. The molecule has 0 saturated carbocycles. The highest BCUT2D eigenvalue weighted by molar-refractivity contribution is 7.91. The lowest BCUT2D eigenvalue weighted by Crippen LogP contribution is -2.64. The molecule has 11 nitrogen and oxygen atoms in total. The van der Waals surface area contributed by atoms with E-state index in [0.717, 1.165) is 31.6 Å². The van der Waals surface area contributed by atoms with Crippen LogP contribution in [0.5, 0.6) is 0 Å². The smallest absolute Gasteiger partial charge is 0.347 e. The Morgan fingerprint density at radius 2 is 1.55 bits per heavy atom. The van der Waals surface area contributed by atoms with Crippen molar-refractivity contribution in [2.75, 3.05) is 29.2 Å². The summed E-state index contributed by atoms with van der Waals surface area (Å²) < 4.78 is 31.3. The third kappa shape index (κ3) is 8.26. The molecule has 42 heavy (non-hydrogen) atoms. The number of esters is 1. The van der Waals surface area contributed by atoms with Gasteiger partial charge in [0, 0.05) is 42.8 Å². The average molecular weight is 595 g/mol. The van der Waals surface area contributed by atoms with E-state index in [4.69, 9.17) is 4.74 Å². The molecule has 2 aromatic carbocycles. The molecule has 3 N–H and O–H groups in total. The number of carbonyl (C=O) groups is 2. The SMILES string of the molecule is CC(C)(C)OC(=O)C(C)(NCS(=O)(=O)c1ccccc1)NC(=O)c1ccc(N2CCC(Nc3ncccn3)CC2)cc1. The van der Waals surface area contributed by atoms with Gasteiger partial charge < -0.3 is 20.3 Å². The highest BCUT2D eigenvalue weighted by Crippen LogP contribution is 2.22. The molecule has 2 heterocycles. The molecule has 0 radical (unpaired) electrons. The third-order valence-corrected chi connectivity index (χ3v) is 8.29. The molecule has 4 rings (SSSR count). The maximum atomic E-state index is 13.3. The molecule has 1 aliphatic heterocycles. The molecule has 0 spiro atoms. The predicted molar refractivity (Wildman–Crippen MR) is 161 cm³/mol. The van der Waals surface area contributed by atoms with Gasteiger partial charge in [-0.15, -0.1) is 0 Å². The normalized spacial score (nSPS) is 15.9. The van der Waals surface area contributed by atoms with Crippen molar-refractivity contribution in [2.24, 2.45) is 0 Å². The van der Waals surface area contributed by atoms with E-state index in [1.165, 1.54) is 19.1 Å². The van der Waals surface area contributed by atoms with Crippen LogP contribution in [0.3, 0.4) is 0 Å². The zero-order chi connectivity index (χ0) is 30.4. The number of nitrogens with one attached hydrogen (secondary N) is 3. The van der Waals surface area contributed by atoms with E-state index in [1.54, 1.807) is 69.6 Å². The summed E-state index contributed by atoms with van der Waals surface area (Å²) in [7, 11) is -3.80. The Labute approximate surface area is 247 Å². The molecule has 0 aliphatic carbocycles. The van der Waals surface area contributed by atoms with Crippen molar-refractivity contribution in [1.82, 2.24) is 20.6 Å². The van der Waals surface area contributed by atoms with Gasteiger partial charge in [0.15, 0.2) is 15.5 Å². The van der Waals surface area contributed by atoms with Crippen molar-refractivity contribution in [3.05, 3.63) is 78.6 Å². The number of ether oxygens (including phenoxy) is 1. The van der Waals surface area contributed by atoms with Crippen LogP contribution in [0.15, 0.2) is 78.0 Å². The molecule has 1 aromatic heterocycles. The largest absolute Gasteiger partial charge is 0.457 e. The number of aromatic nitrogens is 2. The van der Waals surface area contributed by atoms with Gasteiger partial charge in [0.25, 0.3) is 5.91 Å². The summed E-state index contributed by atoms with van der Waals surface area (Å²) in [6.07, 6.45) is 5.24. The predicted octanol–water partition coefficient (Wildman–Crippen LogP) is 3.37. The number of carbonyl (C=O) groups excluding carboxylic acids is 2. The lowest BCUT2D eigenvalue weighted by atomic mass is 10.0. The first kappa shape index (κ1) is 30.9. The summed E-state index contributed by atoms with van der Waals surface area (Å²) in [6, 6.07) is 17.0. The van der Waals surface area contributed by atoms with Crippen molar-refractivity contribution in [1.29, 1.82) is 0 Å². The van der Waals surface area contributed by atoms with Gasteiger partial charge in [0.2, 0.25) is 5.95 Å². The molecule has 224 valence electrons. The Hall–Kier alpha value is -4.03. The minimum atomic E-state index is -3.80. The van der Waals surface area contributed by atoms with Crippen LogP contribution in [0, 0.1) is 0 Å². The fourth-order valence-electron chi connectivity index (χ4n) is 4.46. The van der Waals surface area contributed by atoms with Crippen LogP contribution in [0.25, 0.3) is 0 Å². The van der Waals surface area contributed by atoms with E-state index in [2.05, 4.69) is 30.8 Å². The van der Waals surface area contributed by atoms with Crippen LogP contribution in [0.4, 0.5) is 11.6 Å². The van der Waals surface area contributed by atoms with Gasteiger partial charge in [-0.1, -0.05) is 18.2 Å². The molecule has 1 amide bonds. The lowest BCUT2D eigenvalue weighted by Gasteiger charge is -2.34. The number of sulfone groups is 1. The van der Waals surface area contributed by atoms with Gasteiger partial charge in [-0.25, -0.2) is 23.2 Å². The van der Waals surface area contributed by atoms with Gasteiger partial charge in [0.1, 0.15) is 11.5 Å². The molecule has 1 fully saturated rings. The Morgan fingerprint density at radius 1 is 0.929 bits per heavy atom. The monoisotopic (exact) mass is 594 g/mol. The number of benzene rings is 2. The summed E-state index contributed by atoms with van der Waals surface area (Å²) in [5.74, 6) is -1.32.